The highest BCUT2D eigenvalue weighted by molar-refractivity contribution is 8.26. The van der Waals surface area contributed by atoms with E-state index < -0.39 is 5.91 Å². The lowest BCUT2D eigenvalue weighted by molar-refractivity contribution is -0.157. The van der Waals surface area contributed by atoms with Crippen molar-refractivity contribution in [3.63, 3.8) is 0 Å². The van der Waals surface area contributed by atoms with Crippen molar-refractivity contribution in [2.45, 2.75) is 12.8 Å². The van der Waals surface area contributed by atoms with Crippen LogP contribution in [0, 0.1) is 0 Å². The molecule has 6 nitrogen and oxygen atoms in total. The van der Waals surface area contributed by atoms with Gasteiger partial charge in [0.25, 0.3) is 5.91 Å². The second kappa shape index (κ2) is 4.69. The highest BCUT2D eigenvalue weighted by atomic mass is 32.2. The molecule has 0 unspecified atom stereocenters. The monoisotopic (exact) mass is 285 g/mol. The van der Waals surface area contributed by atoms with Crippen LogP contribution in [0.25, 0.3) is 0 Å². The first-order valence-corrected chi connectivity index (χ1v) is 6.44. The lowest BCUT2D eigenvalue weighted by atomic mass is 10.4. The molecule has 2 saturated heterocycles. The van der Waals surface area contributed by atoms with Gasteiger partial charge in [-0.3, -0.25) is 14.4 Å². The maximum absolute atomic E-state index is 12.1. The minimum atomic E-state index is -0.428. The molecular formula is C10H11N3O3S2. The Hall–Kier alpha value is -1.41. The van der Waals surface area contributed by atoms with Crippen molar-refractivity contribution >= 4 is 46.0 Å². The topological polar surface area (TPSA) is 60.9 Å². The van der Waals surface area contributed by atoms with E-state index in [0.717, 1.165) is 21.8 Å². The summed E-state index contributed by atoms with van der Waals surface area (Å²) in [5, 5.41) is 1.85. The Kier molecular flexibility index (Phi) is 3.40. The van der Waals surface area contributed by atoms with Crippen LogP contribution in [0.2, 0.25) is 0 Å². The van der Waals surface area contributed by atoms with Gasteiger partial charge in [0.15, 0.2) is 4.32 Å². The lowest BCUT2D eigenvalue weighted by Crippen LogP contribution is -2.48. The van der Waals surface area contributed by atoms with Crippen molar-refractivity contribution in [1.29, 1.82) is 0 Å². The van der Waals surface area contributed by atoms with Crippen LogP contribution in [-0.2, 0) is 14.4 Å². The Balaban J connectivity index is 2.30. The standard InChI is InChI=1S/C10H11N3O3S2/c1-11(2)5-6-9(16)13(10(17)18-6)12-7(14)3-4-8(12)15/h5H,3-4H2,1-2H3/b6-5+. The van der Waals surface area contributed by atoms with E-state index in [0.29, 0.717) is 4.91 Å². The van der Waals surface area contributed by atoms with Crippen molar-refractivity contribution in [1.82, 2.24) is 14.9 Å². The molecule has 96 valence electrons. The normalized spacial score (nSPS) is 22.7. The van der Waals surface area contributed by atoms with Crippen LogP contribution >= 0.6 is 24.0 Å². The molecule has 0 saturated carbocycles. The number of hydrogen-bond donors (Lipinski definition) is 0. The van der Waals surface area contributed by atoms with Gasteiger partial charge < -0.3 is 4.90 Å². The molecular weight excluding hydrogens is 274 g/mol. The van der Waals surface area contributed by atoms with Crippen LogP contribution in [-0.4, -0.2) is 51.1 Å². The molecule has 0 aliphatic carbocycles. The number of carbonyl (C=O) groups excluding carboxylic acids is 3. The number of hydrazine groups is 1. The van der Waals surface area contributed by atoms with Gasteiger partial charge >= 0.3 is 0 Å². The third-order valence-corrected chi connectivity index (χ3v) is 3.64. The van der Waals surface area contributed by atoms with Gasteiger partial charge in [0, 0.05) is 33.1 Å². The van der Waals surface area contributed by atoms with Crippen LogP contribution in [0.3, 0.4) is 0 Å². The fourth-order valence-electron chi connectivity index (χ4n) is 1.64. The Labute approximate surface area is 114 Å². The second-order valence-electron chi connectivity index (χ2n) is 4.04. The highest BCUT2D eigenvalue weighted by Crippen LogP contribution is 2.33. The number of rotatable bonds is 2. The van der Waals surface area contributed by atoms with E-state index in [1.807, 2.05) is 0 Å². The van der Waals surface area contributed by atoms with Gasteiger partial charge in [-0.2, -0.15) is 10.0 Å². The summed E-state index contributed by atoms with van der Waals surface area (Å²) in [4.78, 5) is 37.4. The Morgan fingerprint density at radius 1 is 1.17 bits per heavy atom. The zero-order chi connectivity index (χ0) is 13.4. The van der Waals surface area contributed by atoms with E-state index in [2.05, 4.69) is 0 Å². The molecule has 8 heteroatoms. The summed E-state index contributed by atoms with van der Waals surface area (Å²) >= 11 is 6.13. The maximum atomic E-state index is 12.1. The zero-order valence-corrected chi connectivity index (χ0v) is 11.5. The van der Waals surface area contributed by atoms with E-state index in [9.17, 15) is 14.4 Å². The van der Waals surface area contributed by atoms with Crippen LogP contribution in [0.1, 0.15) is 12.8 Å². The molecule has 0 bridgehead atoms. The Bertz CT molecular complexity index is 471. The van der Waals surface area contributed by atoms with Crippen molar-refractivity contribution in [3.8, 4) is 0 Å². The summed E-state index contributed by atoms with van der Waals surface area (Å²) in [6.07, 6.45) is 1.87. The summed E-state index contributed by atoms with van der Waals surface area (Å²) in [5.74, 6) is -1.20. The molecule has 2 rings (SSSR count). The number of nitrogens with zero attached hydrogens (tertiary/aromatic N) is 3. The van der Waals surface area contributed by atoms with Crippen molar-refractivity contribution < 1.29 is 14.4 Å². The zero-order valence-electron chi connectivity index (χ0n) is 9.87. The molecule has 2 heterocycles. The van der Waals surface area contributed by atoms with Gasteiger partial charge in [0.1, 0.15) is 0 Å². The summed E-state index contributed by atoms with van der Waals surface area (Å²) in [6, 6.07) is 0. The summed E-state index contributed by atoms with van der Waals surface area (Å²) < 4.78 is 0.205. The summed E-state index contributed by atoms with van der Waals surface area (Å²) in [5.41, 5.74) is 0. The number of amides is 3. The molecule has 0 aromatic carbocycles. The Morgan fingerprint density at radius 2 is 1.72 bits per heavy atom. The minimum absolute atomic E-state index is 0.128. The lowest BCUT2D eigenvalue weighted by Gasteiger charge is -2.23. The van der Waals surface area contributed by atoms with E-state index in [1.54, 1.807) is 25.2 Å². The Morgan fingerprint density at radius 3 is 2.22 bits per heavy atom. The van der Waals surface area contributed by atoms with Crippen LogP contribution < -0.4 is 0 Å². The van der Waals surface area contributed by atoms with Gasteiger partial charge in [-0.05, 0) is 12.2 Å². The van der Waals surface area contributed by atoms with E-state index >= 15 is 0 Å². The SMILES string of the molecule is CN(C)/C=C1/SC(=S)N(N2C(=O)CCC2=O)C1=O. The van der Waals surface area contributed by atoms with Gasteiger partial charge in [0.05, 0.1) is 4.91 Å². The van der Waals surface area contributed by atoms with E-state index in [4.69, 9.17) is 12.2 Å². The van der Waals surface area contributed by atoms with Crippen LogP contribution in [0.15, 0.2) is 11.1 Å². The smallest absolute Gasteiger partial charge is 0.287 e. The largest absolute Gasteiger partial charge is 0.382 e. The number of thiocarbonyl (C=S) groups is 1. The van der Waals surface area contributed by atoms with Gasteiger partial charge in [-0.25, -0.2) is 0 Å². The first-order valence-electron chi connectivity index (χ1n) is 5.22. The maximum Gasteiger partial charge on any atom is 0.287 e. The third kappa shape index (κ3) is 2.13. The molecule has 0 N–H and O–H groups in total. The molecule has 0 spiro atoms. The molecule has 0 atom stereocenters. The molecule has 0 aromatic heterocycles. The third-order valence-electron chi connectivity index (χ3n) is 2.37. The number of carbonyl (C=O) groups is 3. The first-order chi connectivity index (χ1) is 8.41. The fraction of sp³-hybridized carbons (Fsp3) is 0.400. The van der Waals surface area contributed by atoms with Gasteiger partial charge in [-0.1, -0.05) is 11.8 Å². The van der Waals surface area contributed by atoms with Gasteiger partial charge in [-0.15, -0.1) is 0 Å². The molecule has 0 aromatic rings. The molecule has 0 radical (unpaired) electrons. The van der Waals surface area contributed by atoms with Crippen molar-refractivity contribution in [3.05, 3.63) is 11.1 Å². The molecule has 2 aliphatic rings. The highest BCUT2D eigenvalue weighted by Gasteiger charge is 2.44. The average Bonchev–Trinajstić information content (AvgIpc) is 2.71. The summed E-state index contributed by atoms with van der Waals surface area (Å²) in [6.45, 7) is 0. The number of imide groups is 1. The predicted molar refractivity (Wildman–Crippen MR) is 69.9 cm³/mol. The van der Waals surface area contributed by atoms with E-state index in [1.165, 1.54) is 0 Å². The quantitative estimate of drug-likeness (QED) is 0.413. The van der Waals surface area contributed by atoms with E-state index in [-0.39, 0.29) is 29.0 Å². The number of thioether (sulfide) groups is 1. The summed E-state index contributed by atoms with van der Waals surface area (Å²) in [7, 11) is 3.55. The average molecular weight is 285 g/mol. The second-order valence-corrected chi connectivity index (χ2v) is 5.72. The van der Waals surface area contributed by atoms with Crippen LogP contribution in [0.5, 0.6) is 0 Å². The minimum Gasteiger partial charge on any atom is -0.382 e. The van der Waals surface area contributed by atoms with Crippen molar-refractivity contribution in [2.24, 2.45) is 0 Å². The molecule has 2 fully saturated rings. The fourth-order valence-corrected chi connectivity index (χ4v) is 2.95. The molecule has 18 heavy (non-hydrogen) atoms. The first kappa shape index (κ1) is 13.0. The number of hydrogen-bond acceptors (Lipinski definition) is 6. The molecule has 3 amide bonds. The van der Waals surface area contributed by atoms with Crippen LogP contribution in [0.4, 0.5) is 0 Å². The van der Waals surface area contributed by atoms with Crippen molar-refractivity contribution in [2.75, 3.05) is 14.1 Å². The van der Waals surface area contributed by atoms with Gasteiger partial charge in [0.2, 0.25) is 11.8 Å². The molecule has 2 aliphatic heterocycles. The predicted octanol–water partition coefficient (Wildman–Crippen LogP) is 0.314.